The van der Waals surface area contributed by atoms with E-state index >= 15 is 0 Å². The van der Waals surface area contributed by atoms with E-state index in [0.717, 1.165) is 37.4 Å². The van der Waals surface area contributed by atoms with Crippen LogP contribution in [0.4, 0.5) is 15.8 Å². The molecule has 0 aliphatic carbocycles. The molecule has 0 bridgehead atoms. The first-order valence-electron chi connectivity index (χ1n) is 7.24. The number of hydrogen-bond acceptors (Lipinski definition) is 4. The summed E-state index contributed by atoms with van der Waals surface area (Å²) in [5, 5.41) is 0.619. The fourth-order valence-electron chi connectivity index (χ4n) is 2.34. The fourth-order valence-corrected chi connectivity index (χ4v) is 3.52. The van der Waals surface area contributed by atoms with E-state index in [1.807, 2.05) is 18.7 Å². The molecule has 0 radical (unpaired) electrons. The third-order valence-electron chi connectivity index (χ3n) is 3.48. The van der Waals surface area contributed by atoms with E-state index in [1.54, 1.807) is 6.07 Å². The lowest BCUT2D eigenvalue weighted by atomic mass is 10.2. The Hall–Kier alpha value is -1.10. The molecule has 0 spiro atoms. The van der Waals surface area contributed by atoms with Crippen LogP contribution in [0.3, 0.4) is 0 Å². The van der Waals surface area contributed by atoms with Crippen molar-refractivity contribution in [2.75, 3.05) is 36.1 Å². The van der Waals surface area contributed by atoms with Crippen LogP contribution in [0.25, 0.3) is 0 Å². The molecule has 5 heteroatoms. The van der Waals surface area contributed by atoms with Gasteiger partial charge in [0, 0.05) is 36.2 Å². The zero-order valence-electron chi connectivity index (χ0n) is 12.2. The van der Waals surface area contributed by atoms with E-state index in [4.69, 9.17) is 10.5 Å². The molecule has 1 aliphatic rings. The average molecular weight is 298 g/mol. The molecule has 2 N–H and O–H groups in total. The van der Waals surface area contributed by atoms with E-state index in [0.29, 0.717) is 23.3 Å². The van der Waals surface area contributed by atoms with Gasteiger partial charge in [-0.15, -0.1) is 0 Å². The zero-order valence-corrected chi connectivity index (χ0v) is 13.0. The summed E-state index contributed by atoms with van der Waals surface area (Å²) in [5.41, 5.74) is 7.39. The number of ether oxygens (including phenoxy) is 1. The maximum absolute atomic E-state index is 13.8. The number of nitrogens with zero attached hydrogens (tertiary/aromatic N) is 1. The maximum atomic E-state index is 13.8. The van der Waals surface area contributed by atoms with Crippen LogP contribution in [0.1, 0.15) is 26.7 Å². The lowest BCUT2D eigenvalue weighted by Crippen LogP contribution is -2.38. The number of nitrogens with two attached hydrogens (primary N) is 1. The van der Waals surface area contributed by atoms with Gasteiger partial charge < -0.3 is 15.4 Å². The Bertz CT molecular complexity index is 456. The van der Waals surface area contributed by atoms with Gasteiger partial charge in [-0.25, -0.2) is 4.39 Å². The molecule has 1 aromatic carbocycles. The largest absolute Gasteiger partial charge is 0.490 e. The number of halogens is 1. The minimum Gasteiger partial charge on any atom is -0.490 e. The Morgan fingerprint density at radius 1 is 1.45 bits per heavy atom. The number of thioether (sulfide) groups is 1. The van der Waals surface area contributed by atoms with Crippen LogP contribution in [0.5, 0.6) is 5.75 Å². The molecule has 1 atom stereocenters. The number of rotatable bonds is 5. The standard InChI is InChI=1S/C15H23FN2OS/c1-3-6-19-15-9-14(13(17)8-12(15)16)18-5-7-20-11(4-2)10-18/h8-9,11H,3-7,10,17H2,1-2H3. The third-order valence-corrected chi connectivity index (χ3v) is 4.85. The Morgan fingerprint density at radius 2 is 2.25 bits per heavy atom. The molecule has 112 valence electrons. The van der Waals surface area contributed by atoms with Gasteiger partial charge in [-0.1, -0.05) is 13.8 Å². The molecule has 20 heavy (non-hydrogen) atoms. The van der Waals surface area contributed by atoms with Gasteiger partial charge in [-0.05, 0) is 12.8 Å². The van der Waals surface area contributed by atoms with Gasteiger partial charge >= 0.3 is 0 Å². The van der Waals surface area contributed by atoms with E-state index in [2.05, 4.69) is 11.8 Å². The van der Waals surface area contributed by atoms with Gasteiger partial charge in [-0.3, -0.25) is 0 Å². The Kier molecular flexibility index (Phi) is 5.40. The normalized spacial score (nSPS) is 19.1. The second-order valence-electron chi connectivity index (χ2n) is 5.04. The third kappa shape index (κ3) is 3.51. The predicted octanol–water partition coefficient (Wildman–Crippen LogP) is 3.53. The molecule has 3 nitrogen and oxygen atoms in total. The number of anilines is 2. The molecule has 1 unspecified atom stereocenters. The number of nitrogen functional groups attached to an aromatic ring is 1. The summed E-state index contributed by atoms with van der Waals surface area (Å²) in [6.45, 7) is 6.64. The van der Waals surface area contributed by atoms with E-state index in [-0.39, 0.29) is 5.82 Å². The van der Waals surface area contributed by atoms with Crippen LogP contribution < -0.4 is 15.4 Å². The molecule has 1 heterocycles. The quantitative estimate of drug-likeness (QED) is 0.844. The molecule has 1 fully saturated rings. The van der Waals surface area contributed by atoms with Crippen LogP contribution >= 0.6 is 11.8 Å². The highest BCUT2D eigenvalue weighted by Gasteiger charge is 2.22. The summed E-state index contributed by atoms with van der Waals surface area (Å²) < 4.78 is 19.3. The summed E-state index contributed by atoms with van der Waals surface area (Å²) in [6.07, 6.45) is 2.00. The number of benzene rings is 1. The first-order chi connectivity index (χ1) is 9.65. The minimum atomic E-state index is -0.377. The summed E-state index contributed by atoms with van der Waals surface area (Å²) >= 11 is 2.00. The van der Waals surface area contributed by atoms with Crippen molar-refractivity contribution in [2.24, 2.45) is 0 Å². The van der Waals surface area contributed by atoms with Crippen LogP contribution in [0.2, 0.25) is 0 Å². The van der Waals surface area contributed by atoms with Gasteiger partial charge in [0.1, 0.15) is 0 Å². The van der Waals surface area contributed by atoms with Crippen molar-refractivity contribution in [3.63, 3.8) is 0 Å². The minimum absolute atomic E-state index is 0.308. The highest BCUT2D eigenvalue weighted by molar-refractivity contribution is 8.00. The molecule has 0 amide bonds. The van der Waals surface area contributed by atoms with Crippen LogP contribution in [0, 0.1) is 5.82 Å². The predicted molar refractivity (Wildman–Crippen MR) is 85.3 cm³/mol. The second-order valence-corrected chi connectivity index (χ2v) is 6.45. The van der Waals surface area contributed by atoms with Gasteiger partial charge in [-0.2, -0.15) is 11.8 Å². The van der Waals surface area contributed by atoms with Gasteiger partial charge in [0.15, 0.2) is 11.6 Å². The second kappa shape index (κ2) is 7.07. The van der Waals surface area contributed by atoms with Crippen LogP contribution in [0.15, 0.2) is 12.1 Å². The van der Waals surface area contributed by atoms with Crippen molar-refractivity contribution < 1.29 is 9.13 Å². The van der Waals surface area contributed by atoms with Crippen molar-refractivity contribution >= 4 is 23.1 Å². The Morgan fingerprint density at radius 3 is 2.95 bits per heavy atom. The Labute approximate surface area is 124 Å². The van der Waals surface area contributed by atoms with E-state index < -0.39 is 0 Å². The number of hydrogen-bond donors (Lipinski definition) is 1. The molecule has 1 saturated heterocycles. The SMILES string of the molecule is CCCOc1cc(N2CCSC(CC)C2)c(N)cc1F. The smallest absolute Gasteiger partial charge is 0.167 e. The average Bonchev–Trinajstić information content (AvgIpc) is 2.46. The zero-order chi connectivity index (χ0) is 14.5. The lowest BCUT2D eigenvalue weighted by molar-refractivity contribution is 0.301. The van der Waals surface area contributed by atoms with Crippen molar-refractivity contribution in [3.8, 4) is 5.75 Å². The maximum Gasteiger partial charge on any atom is 0.167 e. The van der Waals surface area contributed by atoms with Gasteiger partial charge in [0.2, 0.25) is 0 Å². The molecule has 0 aromatic heterocycles. The fraction of sp³-hybridized carbons (Fsp3) is 0.600. The van der Waals surface area contributed by atoms with Crippen LogP contribution in [-0.4, -0.2) is 30.7 Å². The molecule has 2 rings (SSSR count). The topological polar surface area (TPSA) is 38.5 Å². The molecule has 0 saturated carbocycles. The highest BCUT2D eigenvalue weighted by Crippen LogP contribution is 2.34. The Balaban J connectivity index is 2.21. The first kappa shape index (κ1) is 15.3. The van der Waals surface area contributed by atoms with Crippen LogP contribution in [-0.2, 0) is 0 Å². The lowest BCUT2D eigenvalue weighted by Gasteiger charge is -2.34. The summed E-state index contributed by atoms with van der Waals surface area (Å²) in [5.74, 6) is 1.01. The molecule has 1 aliphatic heterocycles. The molecule has 1 aromatic rings. The van der Waals surface area contributed by atoms with Crippen molar-refractivity contribution in [1.29, 1.82) is 0 Å². The van der Waals surface area contributed by atoms with Crippen molar-refractivity contribution in [1.82, 2.24) is 0 Å². The van der Waals surface area contributed by atoms with E-state index in [9.17, 15) is 4.39 Å². The first-order valence-corrected chi connectivity index (χ1v) is 8.29. The monoisotopic (exact) mass is 298 g/mol. The molecular formula is C15H23FN2OS. The molecular weight excluding hydrogens is 275 g/mol. The van der Waals surface area contributed by atoms with Crippen molar-refractivity contribution in [3.05, 3.63) is 17.9 Å². The summed E-state index contributed by atoms with van der Waals surface area (Å²) in [4.78, 5) is 2.25. The summed E-state index contributed by atoms with van der Waals surface area (Å²) in [7, 11) is 0. The van der Waals surface area contributed by atoms with Gasteiger partial charge in [0.25, 0.3) is 0 Å². The van der Waals surface area contributed by atoms with E-state index in [1.165, 1.54) is 6.07 Å². The van der Waals surface area contributed by atoms with Gasteiger partial charge in [0.05, 0.1) is 18.0 Å². The van der Waals surface area contributed by atoms with Crippen molar-refractivity contribution in [2.45, 2.75) is 31.9 Å². The summed E-state index contributed by atoms with van der Waals surface area (Å²) in [6, 6.07) is 3.13. The highest BCUT2D eigenvalue weighted by atomic mass is 32.2.